The summed E-state index contributed by atoms with van der Waals surface area (Å²) in [5, 5.41) is 0.817. The first-order valence-corrected chi connectivity index (χ1v) is 5.62. The van der Waals surface area contributed by atoms with Crippen molar-refractivity contribution in [2.45, 2.75) is 6.92 Å². The molecular formula is C11H9IO4. The van der Waals surface area contributed by atoms with Gasteiger partial charge < -0.3 is 12.2 Å². The highest BCUT2D eigenvalue weighted by Crippen LogP contribution is 2.25. The zero-order valence-electron chi connectivity index (χ0n) is 8.53. The fraction of sp³-hybridized carbons (Fsp3) is 0.182. The van der Waals surface area contributed by atoms with E-state index in [-0.39, 0.29) is 5.76 Å². The van der Waals surface area contributed by atoms with E-state index in [4.69, 9.17) is 12.2 Å². The van der Waals surface area contributed by atoms with Gasteiger partial charge in [0, 0.05) is 5.39 Å². The second kappa shape index (κ2) is 4.73. The van der Waals surface area contributed by atoms with Gasteiger partial charge in [0.25, 0.3) is 0 Å². The average Bonchev–Trinajstić information content (AvgIpc) is 2.71. The molecule has 2 aromatic rings. The molecule has 0 unspecified atom stereocenters. The Bertz CT molecular complexity index is 518. The van der Waals surface area contributed by atoms with Gasteiger partial charge in [0.05, 0.1) is 6.61 Å². The maximum Gasteiger partial charge on any atom is 0.374 e. The molecule has 0 fully saturated rings. The van der Waals surface area contributed by atoms with Crippen molar-refractivity contribution in [3.63, 3.8) is 0 Å². The highest BCUT2D eigenvalue weighted by Gasteiger charge is 2.13. The molecule has 0 aliphatic heterocycles. The van der Waals surface area contributed by atoms with Crippen LogP contribution in [0.25, 0.3) is 11.0 Å². The Hall–Kier alpha value is -1.24. The Morgan fingerprint density at radius 3 is 2.94 bits per heavy atom. The van der Waals surface area contributed by atoms with Gasteiger partial charge in [-0.3, -0.25) is 0 Å². The van der Waals surface area contributed by atoms with E-state index in [9.17, 15) is 4.79 Å². The van der Waals surface area contributed by atoms with Crippen LogP contribution in [0.2, 0.25) is 0 Å². The minimum atomic E-state index is -0.448. The van der Waals surface area contributed by atoms with Crippen molar-refractivity contribution in [1.29, 1.82) is 0 Å². The van der Waals surface area contributed by atoms with E-state index in [1.54, 1.807) is 54.2 Å². The number of fused-ring (bicyclic) bond motifs is 1. The number of halogens is 1. The molecule has 1 heterocycles. The van der Waals surface area contributed by atoms with Gasteiger partial charge in [-0.25, -0.2) is 4.79 Å². The Morgan fingerprint density at radius 1 is 1.44 bits per heavy atom. The first-order valence-electron chi connectivity index (χ1n) is 4.74. The van der Waals surface area contributed by atoms with E-state index in [1.807, 2.05) is 0 Å². The van der Waals surface area contributed by atoms with Crippen LogP contribution in [0, 0.1) is 0 Å². The highest BCUT2D eigenvalue weighted by molar-refractivity contribution is 14.1. The quantitative estimate of drug-likeness (QED) is 0.639. The second-order valence-electron chi connectivity index (χ2n) is 3.11. The van der Waals surface area contributed by atoms with Gasteiger partial charge in [0.2, 0.25) is 5.76 Å². The predicted molar refractivity (Wildman–Crippen MR) is 66.8 cm³/mol. The fourth-order valence-corrected chi connectivity index (χ4v) is 1.65. The SMILES string of the molecule is CCOC(=O)c1cc2cc(OI)ccc2o1. The molecule has 1 aromatic carbocycles. The summed E-state index contributed by atoms with van der Waals surface area (Å²) in [5.74, 6) is 0.474. The summed E-state index contributed by atoms with van der Waals surface area (Å²) in [4.78, 5) is 11.4. The minimum Gasteiger partial charge on any atom is -0.460 e. The van der Waals surface area contributed by atoms with Crippen molar-refractivity contribution in [2.24, 2.45) is 0 Å². The largest absolute Gasteiger partial charge is 0.460 e. The van der Waals surface area contributed by atoms with Crippen LogP contribution < -0.4 is 3.07 Å². The second-order valence-corrected chi connectivity index (χ2v) is 3.55. The summed E-state index contributed by atoms with van der Waals surface area (Å²) in [7, 11) is 0. The molecule has 1 aromatic heterocycles. The molecule has 5 heteroatoms. The third-order valence-corrected chi connectivity index (χ3v) is 2.56. The molecule has 0 aliphatic rings. The summed E-state index contributed by atoms with van der Waals surface area (Å²) in [5.41, 5.74) is 0.639. The molecular weight excluding hydrogens is 323 g/mol. The van der Waals surface area contributed by atoms with Crippen LogP contribution in [0.15, 0.2) is 28.7 Å². The average molecular weight is 332 g/mol. The topological polar surface area (TPSA) is 48.7 Å². The molecule has 0 bridgehead atoms. The molecule has 0 amide bonds. The number of hydrogen-bond acceptors (Lipinski definition) is 4. The molecule has 0 spiro atoms. The molecule has 0 aliphatic carbocycles. The van der Waals surface area contributed by atoms with Crippen molar-refractivity contribution < 1.29 is 17.0 Å². The van der Waals surface area contributed by atoms with E-state index in [0.29, 0.717) is 17.9 Å². The van der Waals surface area contributed by atoms with E-state index >= 15 is 0 Å². The predicted octanol–water partition coefficient (Wildman–Crippen LogP) is 3.34. The Morgan fingerprint density at radius 2 is 2.25 bits per heavy atom. The van der Waals surface area contributed by atoms with Crippen molar-refractivity contribution in [2.75, 3.05) is 6.61 Å². The lowest BCUT2D eigenvalue weighted by Gasteiger charge is -1.95. The van der Waals surface area contributed by atoms with E-state index in [1.165, 1.54) is 0 Å². The zero-order valence-corrected chi connectivity index (χ0v) is 10.7. The molecule has 0 saturated carbocycles. The molecule has 0 N–H and O–H groups in total. The van der Waals surface area contributed by atoms with E-state index in [0.717, 1.165) is 5.39 Å². The third kappa shape index (κ3) is 2.13. The molecule has 16 heavy (non-hydrogen) atoms. The number of hydrogen-bond donors (Lipinski definition) is 0. The van der Waals surface area contributed by atoms with E-state index < -0.39 is 5.97 Å². The van der Waals surface area contributed by atoms with Crippen molar-refractivity contribution >= 4 is 39.9 Å². The van der Waals surface area contributed by atoms with Gasteiger partial charge in [-0.05, 0) is 31.2 Å². The van der Waals surface area contributed by atoms with Gasteiger partial charge in [-0.1, -0.05) is 0 Å². The molecule has 4 nitrogen and oxygen atoms in total. The summed E-state index contributed by atoms with van der Waals surface area (Å²) >= 11 is 1.80. The number of ether oxygens (including phenoxy) is 1. The number of carbonyl (C=O) groups excluding carboxylic acids is 1. The lowest BCUT2D eigenvalue weighted by atomic mass is 10.2. The van der Waals surface area contributed by atoms with Gasteiger partial charge >= 0.3 is 5.97 Å². The number of carbonyl (C=O) groups is 1. The lowest BCUT2D eigenvalue weighted by molar-refractivity contribution is 0.0492. The van der Waals surface area contributed by atoms with Crippen LogP contribution in [-0.4, -0.2) is 12.6 Å². The molecule has 0 saturated heterocycles. The highest BCUT2D eigenvalue weighted by atomic mass is 127. The van der Waals surface area contributed by atoms with Gasteiger partial charge in [0.1, 0.15) is 11.3 Å². The van der Waals surface area contributed by atoms with Crippen LogP contribution in [0.3, 0.4) is 0 Å². The van der Waals surface area contributed by atoms with Gasteiger partial charge in [0.15, 0.2) is 23.0 Å². The number of benzene rings is 1. The number of esters is 1. The summed E-state index contributed by atoms with van der Waals surface area (Å²) < 4.78 is 15.2. The van der Waals surface area contributed by atoms with Crippen LogP contribution in [0.1, 0.15) is 17.5 Å². The molecule has 2 rings (SSSR count). The van der Waals surface area contributed by atoms with E-state index in [2.05, 4.69) is 0 Å². The number of furan rings is 1. The molecule has 0 atom stereocenters. The summed E-state index contributed by atoms with van der Waals surface area (Å²) in [6.07, 6.45) is 0. The Kier molecular flexibility index (Phi) is 3.33. The van der Waals surface area contributed by atoms with Gasteiger partial charge in [-0.15, -0.1) is 0 Å². The van der Waals surface area contributed by atoms with Crippen molar-refractivity contribution in [3.8, 4) is 5.75 Å². The van der Waals surface area contributed by atoms with Crippen molar-refractivity contribution in [1.82, 2.24) is 0 Å². The first-order chi connectivity index (χ1) is 7.74. The van der Waals surface area contributed by atoms with Crippen LogP contribution in [0.4, 0.5) is 0 Å². The molecule has 0 radical (unpaired) electrons. The fourth-order valence-electron chi connectivity index (χ4n) is 1.37. The first kappa shape index (κ1) is 11.3. The standard InChI is InChI=1S/C11H9IO4/c1-2-14-11(13)10-6-7-5-8(16-12)3-4-9(7)15-10/h3-6H,2H2,1H3. The smallest absolute Gasteiger partial charge is 0.374 e. The Labute approximate surface area is 106 Å². The van der Waals surface area contributed by atoms with Crippen LogP contribution in [0.5, 0.6) is 5.75 Å². The van der Waals surface area contributed by atoms with Crippen molar-refractivity contribution in [3.05, 3.63) is 30.0 Å². The monoisotopic (exact) mass is 332 g/mol. The lowest BCUT2D eigenvalue weighted by Crippen LogP contribution is -2.02. The summed E-state index contributed by atoms with van der Waals surface area (Å²) in [6.45, 7) is 2.08. The van der Waals surface area contributed by atoms with Crippen LogP contribution >= 0.6 is 23.0 Å². The third-order valence-electron chi connectivity index (χ3n) is 2.05. The van der Waals surface area contributed by atoms with Gasteiger partial charge in [-0.2, -0.15) is 0 Å². The maximum absolute atomic E-state index is 11.4. The number of rotatable bonds is 3. The summed E-state index contributed by atoms with van der Waals surface area (Å²) in [6, 6.07) is 6.97. The molecule has 84 valence electrons. The normalized spacial score (nSPS) is 10.4. The minimum absolute atomic E-state index is 0.211. The Balaban J connectivity index is 2.39. The zero-order chi connectivity index (χ0) is 11.5. The maximum atomic E-state index is 11.4. The van der Waals surface area contributed by atoms with Crippen LogP contribution in [-0.2, 0) is 4.74 Å².